The van der Waals surface area contributed by atoms with Crippen LogP contribution in [0.4, 0.5) is 0 Å². The smallest absolute Gasteiger partial charge is 0.244 e. The van der Waals surface area contributed by atoms with Crippen LogP contribution in [-0.4, -0.2) is 9.64 Å². The van der Waals surface area contributed by atoms with Crippen LogP contribution < -0.4 is 0 Å². The highest BCUT2D eigenvalue weighted by Crippen LogP contribution is 2.49. The van der Waals surface area contributed by atoms with Crippen molar-refractivity contribution in [2.75, 3.05) is 0 Å². The van der Waals surface area contributed by atoms with Gasteiger partial charge in [-0.1, -0.05) is 73.2 Å². The zero-order valence-corrected chi connectivity index (χ0v) is 16.5. The molecule has 2 unspecified atom stereocenters. The van der Waals surface area contributed by atoms with Gasteiger partial charge in [0.05, 0.1) is 0 Å². The minimum atomic E-state index is -2.45. The van der Waals surface area contributed by atoms with Crippen molar-refractivity contribution in [1.82, 2.24) is 0 Å². The fraction of sp³-hybridized carbons (Fsp3) is 1.00. The summed E-state index contributed by atoms with van der Waals surface area (Å²) in [5.74, 6) is 0.738. The zero-order valence-electron chi connectivity index (χ0n) is 14.7. The predicted octanol–water partition coefficient (Wildman–Crippen LogP) is 6.15. The van der Waals surface area contributed by atoms with Gasteiger partial charge < -0.3 is 4.89 Å². The van der Waals surface area contributed by atoms with E-state index in [-0.39, 0.29) is 10.2 Å². The van der Waals surface area contributed by atoms with Crippen molar-refractivity contribution in [2.45, 2.75) is 85.8 Å². The molecule has 0 rings (SSSR count). The van der Waals surface area contributed by atoms with Crippen LogP contribution in [0.1, 0.15) is 81.1 Å². The fourth-order valence-electron chi connectivity index (χ4n) is 3.30. The van der Waals surface area contributed by atoms with E-state index in [0.717, 1.165) is 12.3 Å². The average molecular weight is 322 g/mol. The van der Waals surface area contributed by atoms with Gasteiger partial charge in [-0.3, -0.25) is 4.57 Å². The Morgan fingerprint density at radius 3 is 2.00 bits per heavy atom. The lowest BCUT2D eigenvalue weighted by atomic mass is 9.76. The van der Waals surface area contributed by atoms with E-state index >= 15 is 0 Å². The van der Waals surface area contributed by atoms with Crippen molar-refractivity contribution in [1.29, 1.82) is 0 Å². The first-order valence-corrected chi connectivity index (χ1v) is 10.5. The Hall–Kier alpha value is 0.540. The Bertz CT molecular complexity index is 319. The molecule has 20 heavy (non-hydrogen) atoms. The Balaban J connectivity index is 4.35. The van der Waals surface area contributed by atoms with E-state index < -0.39 is 7.23 Å². The van der Waals surface area contributed by atoms with E-state index in [2.05, 4.69) is 55.4 Å². The summed E-state index contributed by atoms with van der Waals surface area (Å²) in [6, 6.07) is 0. The van der Waals surface area contributed by atoms with E-state index in [1.807, 2.05) is 0 Å². The summed E-state index contributed by atoms with van der Waals surface area (Å²) in [6.07, 6.45) is 4.65. The summed E-state index contributed by atoms with van der Waals surface area (Å²) in [6.45, 7) is 18.0. The van der Waals surface area contributed by atoms with E-state index in [1.54, 1.807) is 0 Å². The molecule has 0 aromatic rings. The second-order valence-electron chi connectivity index (χ2n) is 8.88. The summed E-state index contributed by atoms with van der Waals surface area (Å²) >= 11 is 1.23. The van der Waals surface area contributed by atoms with E-state index in [9.17, 15) is 4.57 Å². The van der Waals surface area contributed by atoms with Gasteiger partial charge in [0.15, 0.2) is 0 Å². The largest absolute Gasteiger partial charge is 0.339 e. The molecule has 0 amide bonds. The highest BCUT2D eigenvalue weighted by Gasteiger charge is 2.31. The first kappa shape index (κ1) is 20.5. The van der Waals surface area contributed by atoms with Crippen molar-refractivity contribution in [3.8, 4) is 0 Å². The van der Waals surface area contributed by atoms with Crippen LogP contribution in [0.2, 0.25) is 0 Å². The summed E-state index contributed by atoms with van der Waals surface area (Å²) in [4.78, 5) is 9.14. The summed E-state index contributed by atoms with van der Waals surface area (Å²) in [5.41, 5.74) is 0.620. The van der Waals surface area contributed by atoms with Crippen molar-refractivity contribution < 1.29 is 9.46 Å². The third kappa shape index (κ3) is 11.2. The molecular weight excluding hydrogens is 287 g/mol. The maximum atomic E-state index is 11.1. The van der Waals surface area contributed by atoms with Crippen LogP contribution in [0.3, 0.4) is 0 Å². The Morgan fingerprint density at radius 1 is 1.10 bits per heavy atom. The monoisotopic (exact) mass is 322 g/mol. The third-order valence-electron chi connectivity index (χ3n) is 3.54. The van der Waals surface area contributed by atoms with Crippen LogP contribution in [0.15, 0.2) is 0 Å². The molecule has 122 valence electrons. The topological polar surface area (TPSA) is 37.3 Å². The summed E-state index contributed by atoms with van der Waals surface area (Å²) < 4.78 is 10.9. The van der Waals surface area contributed by atoms with Crippen molar-refractivity contribution in [3.05, 3.63) is 0 Å². The molecule has 0 heterocycles. The van der Waals surface area contributed by atoms with Crippen molar-refractivity contribution in [2.24, 2.45) is 16.7 Å². The summed E-state index contributed by atoms with van der Waals surface area (Å²) in [5, 5.41) is 0. The quantitative estimate of drug-likeness (QED) is 0.545. The van der Waals surface area contributed by atoms with Gasteiger partial charge in [-0.25, -0.2) is 0 Å². The van der Waals surface area contributed by atoms with Crippen LogP contribution >= 0.6 is 18.6 Å². The highest BCUT2D eigenvalue weighted by atomic mass is 32.7. The van der Waals surface area contributed by atoms with Crippen LogP contribution in [0.25, 0.3) is 0 Å². The molecule has 2 atom stereocenters. The van der Waals surface area contributed by atoms with E-state index in [4.69, 9.17) is 4.89 Å². The van der Waals surface area contributed by atoms with Crippen molar-refractivity contribution >= 4 is 18.6 Å². The molecule has 2 nitrogen and oxygen atoms in total. The minimum absolute atomic E-state index is 0.123. The lowest BCUT2D eigenvalue weighted by molar-refractivity contribution is 0.227. The molecule has 0 radical (unpaired) electrons. The molecule has 0 saturated carbocycles. The molecule has 1 N–H and O–H groups in total. The Labute approximate surface area is 131 Å². The van der Waals surface area contributed by atoms with Crippen molar-refractivity contribution in [3.63, 3.8) is 0 Å². The van der Waals surface area contributed by atoms with Gasteiger partial charge in [0.25, 0.3) is 0 Å². The molecule has 0 saturated heterocycles. The SMILES string of the molecule is CC(CCC(C)(C)CC(C)(C)S[PH](=O)O)CC(C)(C)C. The number of rotatable bonds is 8. The molecule has 0 aliphatic carbocycles. The molecule has 0 aliphatic heterocycles. The maximum absolute atomic E-state index is 11.1. The number of hydrogen-bond acceptors (Lipinski definition) is 2. The Morgan fingerprint density at radius 2 is 1.60 bits per heavy atom. The van der Waals surface area contributed by atoms with Gasteiger partial charge in [0, 0.05) is 4.75 Å². The second-order valence-corrected chi connectivity index (χ2v) is 12.4. The molecule has 0 aromatic carbocycles. The molecule has 0 aliphatic rings. The van der Waals surface area contributed by atoms with Gasteiger partial charge in [0.1, 0.15) is 0 Å². The average Bonchev–Trinajstić information content (AvgIpc) is 2.07. The van der Waals surface area contributed by atoms with Gasteiger partial charge in [0.2, 0.25) is 7.23 Å². The van der Waals surface area contributed by atoms with Crippen LogP contribution in [0, 0.1) is 16.7 Å². The zero-order chi connectivity index (χ0) is 16.2. The molecule has 0 bridgehead atoms. The first-order chi connectivity index (χ1) is 8.72. The van der Waals surface area contributed by atoms with E-state index in [1.165, 1.54) is 30.6 Å². The second kappa shape index (κ2) is 7.70. The molecule has 0 aromatic heterocycles. The Kier molecular flexibility index (Phi) is 7.90. The van der Waals surface area contributed by atoms with Gasteiger partial charge in [-0.2, -0.15) is 0 Å². The predicted molar refractivity (Wildman–Crippen MR) is 93.8 cm³/mol. The number of hydrogen-bond donors (Lipinski definition) is 1. The maximum Gasteiger partial charge on any atom is 0.244 e. The normalized spacial score (nSPS) is 17.1. The van der Waals surface area contributed by atoms with Gasteiger partial charge in [-0.05, 0) is 36.0 Å². The minimum Gasteiger partial charge on any atom is -0.339 e. The molecule has 0 fully saturated rings. The first-order valence-electron chi connectivity index (χ1n) is 7.64. The van der Waals surface area contributed by atoms with Crippen LogP contribution in [0.5, 0.6) is 0 Å². The third-order valence-corrected chi connectivity index (χ3v) is 6.60. The molecule has 4 heteroatoms. The standard InChI is InChI=1S/C16H35O2PS/c1-13(11-14(2,3)4)9-10-15(5,6)12-16(7,8)20-19(17)18/h13,19H,9-12H2,1-8H3,(H,17,18). The van der Waals surface area contributed by atoms with Gasteiger partial charge in [-0.15, -0.1) is 0 Å². The lowest BCUT2D eigenvalue weighted by Crippen LogP contribution is -2.26. The molecular formula is C16H35O2PS. The summed E-state index contributed by atoms with van der Waals surface area (Å²) in [7, 11) is -2.45. The van der Waals surface area contributed by atoms with E-state index in [0.29, 0.717) is 5.41 Å². The van der Waals surface area contributed by atoms with Gasteiger partial charge >= 0.3 is 0 Å². The lowest BCUT2D eigenvalue weighted by Gasteiger charge is -2.35. The molecule has 0 spiro atoms. The van der Waals surface area contributed by atoms with Crippen LogP contribution in [-0.2, 0) is 4.57 Å². The fourth-order valence-corrected chi connectivity index (χ4v) is 5.87. The highest BCUT2D eigenvalue weighted by molar-refractivity contribution is 8.50.